The molecule has 2 fully saturated rings. The second-order valence-electron chi connectivity index (χ2n) is 5.48. The molecular weight excluding hydrogens is 248 g/mol. The molecular formula is C13H18N2O2S. The smallest absolute Gasteiger partial charge is 0.347 e. The van der Waals surface area contributed by atoms with Gasteiger partial charge in [-0.25, -0.2) is 9.78 Å². The molecule has 4 nitrogen and oxygen atoms in total. The molecule has 2 aliphatic rings. The van der Waals surface area contributed by atoms with Crippen molar-refractivity contribution in [2.24, 2.45) is 5.92 Å². The fourth-order valence-electron chi connectivity index (χ4n) is 2.61. The highest BCUT2D eigenvalue weighted by atomic mass is 32.1. The number of thiazole rings is 1. The van der Waals surface area contributed by atoms with Gasteiger partial charge in [0, 0.05) is 19.0 Å². The van der Waals surface area contributed by atoms with Crippen molar-refractivity contribution in [1.29, 1.82) is 0 Å². The number of anilines is 1. The van der Waals surface area contributed by atoms with Crippen LogP contribution in [0.3, 0.4) is 0 Å². The number of aromatic carboxylic acids is 1. The van der Waals surface area contributed by atoms with E-state index in [1.807, 2.05) is 0 Å². The van der Waals surface area contributed by atoms with Gasteiger partial charge >= 0.3 is 5.97 Å². The summed E-state index contributed by atoms with van der Waals surface area (Å²) >= 11 is 1.36. The summed E-state index contributed by atoms with van der Waals surface area (Å²) in [5.74, 6) is 0.273. The van der Waals surface area contributed by atoms with Crippen molar-refractivity contribution in [1.82, 2.24) is 4.98 Å². The van der Waals surface area contributed by atoms with Crippen molar-refractivity contribution in [3.63, 3.8) is 0 Å². The van der Waals surface area contributed by atoms with Crippen LogP contribution in [0, 0.1) is 5.92 Å². The summed E-state index contributed by atoms with van der Waals surface area (Å²) in [7, 11) is 0. The molecule has 5 heteroatoms. The number of hydrogen-bond donors (Lipinski definition) is 1. The van der Waals surface area contributed by atoms with Crippen molar-refractivity contribution >= 4 is 22.4 Å². The molecule has 0 radical (unpaired) electrons. The van der Waals surface area contributed by atoms with E-state index in [2.05, 4.69) is 16.8 Å². The van der Waals surface area contributed by atoms with Gasteiger partial charge in [-0.15, -0.1) is 0 Å². The third kappa shape index (κ3) is 2.23. The van der Waals surface area contributed by atoms with Gasteiger partial charge in [0.15, 0.2) is 5.13 Å². The number of carbonyl (C=O) groups is 1. The first-order valence-corrected chi connectivity index (χ1v) is 7.45. The summed E-state index contributed by atoms with van der Waals surface area (Å²) in [6, 6.07) is 0. The molecule has 1 aromatic rings. The molecule has 18 heavy (non-hydrogen) atoms. The lowest BCUT2D eigenvalue weighted by atomic mass is 10.0. The van der Waals surface area contributed by atoms with Gasteiger partial charge in [-0.05, 0) is 31.6 Å². The highest BCUT2D eigenvalue weighted by Gasteiger charge is 2.33. The Morgan fingerprint density at radius 3 is 2.83 bits per heavy atom. The molecule has 0 aromatic carbocycles. The van der Waals surface area contributed by atoms with E-state index in [0.717, 1.165) is 36.8 Å². The Morgan fingerprint density at radius 1 is 1.44 bits per heavy atom. The molecule has 1 unspecified atom stereocenters. The van der Waals surface area contributed by atoms with Crippen LogP contribution in [0.5, 0.6) is 0 Å². The Balaban J connectivity index is 1.87. The highest BCUT2D eigenvalue weighted by Crippen LogP contribution is 2.44. The van der Waals surface area contributed by atoms with Gasteiger partial charge < -0.3 is 10.0 Å². The van der Waals surface area contributed by atoms with Gasteiger partial charge in [0.25, 0.3) is 0 Å². The van der Waals surface area contributed by atoms with Crippen molar-refractivity contribution in [3.8, 4) is 0 Å². The summed E-state index contributed by atoms with van der Waals surface area (Å²) < 4.78 is 0. The molecule has 1 saturated carbocycles. The second-order valence-corrected chi connectivity index (χ2v) is 6.46. The topological polar surface area (TPSA) is 53.4 Å². The summed E-state index contributed by atoms with van der Waals surface area (Å²) in [6.45, 7) is 4.28. The molecule has 1 aliphatic carbocycles. The van der Waals surface area contributed by atoms with Crippen LogP contribution in [0.2, 0.25) is 0 Å². The van der Waals surface area contributed by atoms with Gasteiger partial charge in [0.05, 0.1) is 5.69 Å². The highest BCUT2D eigenvalue weighted by molar-refractivity contribution is 7.17. The predicted octanol–water partition coefficient (Wildman–Crippen LogP) is 2.96. The Labute approximate surface area is 111 Å². The quantitative estimate of drug-likeness (QED) is 0.914. The number of nitrogens with zero attached hydrogens (tertiary/aromatic N) is 2. The van der Waals surface area contributed by atoms with Crippen LogP contribution in [0.1, 0.15) is 53.9 Å². The van der Waals surface area contributed by atoms with Gasteiger partial charge in [0.2, 0.25) is 0 Å². The van der Waals surface area contributed by atoms with Gasteiger partial charge in [-0.2, -0.15) is 0 Å². The van der Waals surface area contributed by atoms with Gasteiger partial charge in [0.1, 0.15) is 4.88 Å². The van der Waals surface area contributed by atoms with E-state index in [1.54, 1.807) is 0 Å². The Bertz CT molecular complexity index is 468. The molecule has 1 atom stereocenters. The first-order chi connectivity index (χ1) is 8.65. The Morgan fingerprint density at radius 2 is 2.22 bits per heavy atom. The van der Waals surface area contributed by atoms with Gasteiger partial charge in [-0.3, -0.25) is 0 Å². The molecule has 1 saturated heterocycles. The summed E-state index contributed by atoms with van der Waals surface area (Å²) in [6.07, 6.45) is 4.64. The Hall–Kier alpha value is -1.10. The molecule has 1 aromatic heterocycles. The van der Waals surface area contributed by atoms with Crippen molar-refractivity contribution in [2.75, 3.05) is 18.0 Å². The van der Waals surface area contributed by atoms with Crippen molar-refractivity contribution in [2.45, 2.75) is 38.5 Å². The van der Waals surface area contributed by atoms with Crippen LogP contribution in [0.15, 0.2) is 0 Å². The monoisotopic (exact) mass is 266 g/mol. The zero-order valence-corrected chi connectivity index (χ0v) is 11.4. The van der Waals surface area contributed by atoms with Crippen LogP contribution in [0.4, 0.5) is 5.13 Å². The van der Waals surface area contributed by atoms with E-state index in [1.165, 1.54) is 24.2 Å². The SMILES string of the molecule is CC1CCCN(c2nc(C3CC3)c(C(=O)O)s2)C1. The minimum Gasteiger partial charge on any atom is -0.477 e. The maximum Gasteiger partial charge on any atom is 0.347 e. The molecule has 98 valence electrons. The van der Waals surface area contributed by atoms with E-state index in [0.29, 0.717) is 16.7 Å². The van der Waals surface area contributed by atoms with Crippen LogP contribution < -0.4 is 4.90 Å². The lowest BCUT2D eigenvalue weighted by Crippen LogP contribution is -2.34. The molecule has 3 rings (SSSR count). The average molecular weight is 266 g/mol. The normalized spacial score (nSPS) is 24.3. The predicted molar refractivity (Wildman–Crippen MR) is 71.7 cm³/mol. The number of aromatic nitrogens is 1. The fourth-order valence-corrected chi connectivity index (χ4v) is 3.63. The average Bonchev–Trinajstić information content (AvgIpc) is 3.07. The zero-order valence-electron chi connectivity index (χ0n) is 10.6. The fraction of sp³-hybridized carbons (Fsp3) is 0.692. The van der Waals surface area contributed by atoms with E-state index in [-0.39, 0.29) is 0 Å². The van der Waals surface area contributed by atoms with Gasteiger partial charge in [-0.1, -0.05) is 18.3 Å². The van der Waals surface area contributed by atoms with E-state index < -0.39 is 5.97 Å². The number of rotatable bonds is 3. The van der Waals surface area contributed by atoms with Crippen LogP contribution in [-0.4, -0.2) is 29.1 Å². The third-order valence-corrected chi connectivity index (χ3v) is 4.85. The number of carboxylic acids is 1. The number of carboxylic acid groups (broad SMARTS) is 1. The maximum atomic E-state index is 11.3. The van der Waals surface area contributed by atoms with E-state index >= 15 is 0 Å². The standard InChI is InChI=1S/C13H18N2O2S/c1-8-3-2-6-15(7-8)13-14-10(9-4-5-9)11(18-13)12(16)17/h8-9H,2-7H2,1H3,(H,16,17). The number of hydrogen-bond acceptors (Lipinski definition) is 4. The molecule has 0 amide bonds. The molecule has 2 heterocycles. The summed E-state index contributed by atoms with van der Waals surface area (Å²) in [5.41, 5.74) is 0.834. The second kappa shape index (κ2) is 4.53. The largest absolute Gasteiger partial charge is 0.477 e. The first kappa shape index (κ1) is 12.0. The van der Waals surface area contributed by atoms with Crippen LogP contribution in [-0.2, 0) is 0 Å². The molecule has 0 spiro atoms. The number of piperidine rings is 1. The minimum absolute atomic E-state index is 0.406. The lowest BCUT2D eigenvalue weighted by molar-refractivity contribution is 0.0700. The van der Waals surface area contributed by atoms with Crippen molar-refractivity contribution < 1.29 is 9.90 Å². The van der Waals surface area contributed by atoms with Crippen LogP contribution in [0.25, 0.3) is 0 Å². The summed E-state index contributed by atoms with van der Waals surface area (Å²) in [5, 5.41) is 10.2. The Kier molecular flexibility index (Phi) is 3.01. The maximum absolute atomic E-state index is 11.3. The first-order valence-electron chi connectivity index (χ1n) is 6.64. The zero-order chi connectivity index (χ0) is 12.7. The van der Waals surface area contributed by atoms with E-state index in [9.17, 15) is 9.90 Å². The molecule has 1 aliphatic heterocycles. The van der Waals surface area contributed by atoms with E-state index in [4.69, 9.17) is 0 Å². The van der Waals surface area contributed by atoms with Crippen LogP contribution >= 0.6 is 11.3 Å². The third-order valence-electron chi connectivity index (χ3n) is 3.73. The minimum atomic E-state index is -0.814. The van der Waals surface area contributed by atoms with Crippen molar-refractivity contribution in [3.05, 3.63) is 10.6 Å². The lowest BCUT2D eigenvalue weighted by Gasteiger charge is -2.30. The molecule has 0 bridgehead atoms. The summed E-state index contributed by atoms with van der Waals surface area (Å²) in [4.78, 5) is 18.6. The molecule has 1 N–H and O–H groups in total.